The van der Waals surface area contributed by atoms with Crippen LogP contribution in [0.1, 0.15) is 50.4 Å². The van der Waals surface area contributed by atoms with E-state index >= 15 is 0 Å². The molecule has 2 fully saturated rings. The van der Waals surface area contributed by atoms with Gasteiger partial charge in [-0.25, -0.2) is 8.42 Å². The van der Waals surface area contributed by atoms with Crippen LogP contribution in [-0.2, 0) is 10.0 Å². The molecule has 0 spiro atoms. The van der Waals surface area contributed by atoms with Gasteiger partial charge in [-0.2, -0.15) is 9.40 Å². The van der Waals surface area contributed by atoms with Crippen LogP contribution in [0.5, 0.6) is 0 Å². The number of rotatable bonds is 6. The van der Waals surface area contributed by atoms with E-state index in [1.807, 2.05) is 0 Å². The van der Waals surface area contributed by atoms with Crippen LogP contribution in [0.2, 0.25) is 0 Å². The number of nitrogens with one attached hydrogen (secondary N) is 2. The van der Waals surface area contributed by atoms with Gasteiger partial charge in [-0.15, -0.1) is 0 Å². The molecular formula is C16H28N4O2S. The van der Waals surface area contributed by atoms with E-state index in [1.54, 1.807) is 18.2 Å². The Hall–Kier alpha value is -0.920. The molecule has 1 saturated carbocycles. The van der Waals surface area contributed by atoms with Gasteiger partial charge in [0.25, 0.3) is 0 Å². The van der Waals surface area contributed by atoms with E-state index in [0.29, 0.717) is 41.5 Å². The van der Waals surface area contributed by atoms with Crippen LogP contribution >= 0.6 is 0 Å². The van der Waals surface area contributed by atoms with E-state index in [0.717, 1.165) is 18.8 Å². The molecule has 2 heterocycles. The van der Waals surface area contributed by atoms with E-state index in [1.165, 1.54) is 19.3 Å². The van der Waals surface area contributed by atoms with Gasteiger partial charge in [-0.1, -0.05) is 13.3 Å². The van der Waals surface area contributed by atoms with Crippen LogP contribution in [-0.4, -0.2) is 48.1 Å². The predicted molar refractivity (Wildman–Crippen MR) is 89.8 cm³/mol. The van der Waals surface area contributed by atoms with Crippen molar-refractivity contribution in [2.45, 2.75) is 69.9 Å². The summed E-state index contributed by atoms with van der Waals surface area (Å²) in [6, 6.07) is 1.13. The summed E-state index contributed by atoms with van der Waals surface area (Å²) in [6.45, 7) is 6.93. The van der Waals surface area contributed by atoms with Crippen molar-refractivity contribution in [1.82, 2.24) is 19.8 Å². The minimum absolute atomic E-state index is 0.356. The summed E-state index contributed by atoms with van der Waals surface area (Å²) in [7, 11) is -3.42. The molecular weight excluding hydrogens is 312 g/mol. The number of aryl methyl sites for hydroxylation is 2. The van der Waals surface area contributed by atoms with Crippen molar-refractivity contribution < 1.29 is 8.42 Å². The van der Waals surface area contributed by atoms with E-state index in [9.17, 15) is 8.42 Å². The molecule has 7 heteroatoms. The van der Waals surface area contributed by atoms with Crippen LogP contribution in [0.15, 0.2) is 4.90 Å². The summed E-state index contributed by atoms with van der Waals surface area (Å²) in [5.41, 5.74) is 1.19. The molecule has 2 aliphatic rings. The fourth-order valence-corrected chi connectivity index (χ4v) is 5.56. The Morgan fingerprint density at radius 1 is 1.30 bits per heavy atom. The Kier molecular flexibility index (Phi) is 4.80. The fraction of sp³-hybridized carbons (Fsp3) is 0.812. The summed E-state index contributed by atoms with van der Waals surface area (Å²) in [4.78, 5) is 0.356. The van der Waals surface area contributed by atoms with Crippen molar-refractivity contribution in [3.05, 3.63) is 11.4 Å². The molecule has 0 radical (unpaired) electrons. The molecule has 1 aliphatic carbocycles. The number of hydrogen-bond donors (Lipinski definition) is 2. The lowest BCUT2D eigenvalue weighted by Crippen LogP contribution is -2.45. The topological polar surface area (TPSA) is 78.1 Å². The van der Waals surface area contributed by atoms with Gasteiger partial charge in [0.1, 0.15) is 4.90 Å². The lowest BCUT2D eigenvalue weighted by Gasteiger charge is -2.32. The number of H-pyrrole nitrogens is 1. The third-order valence-corrected chi connectivity index (χ3v) is 7.31. The first-order valence-corrected chi connectivity index (χ1v) is 10.1. The second-order valence-corrected chi connectivity index (χ2v) is 8.87. The van der Waals surface area contributed by atoms with Gasteiger partial charge < -0.3 is 5.32 Å². The van der Waals surface area contributed by atoms with E-state index in [-0.39, 0.29) is 0 Å². The second-order valence-electron chi connectivity index (χ2n) is 7.00. The van der Waals surface area contributed by atoms with Crippen molar-refractivity contribution >= 4 is 10.0 Å². The Morgan fingerprint density at radius 3 is 2.57 bits per heavy atom. The van der Waals surface area contributed by atoms with Crippen LogP contribution in [0.3, 0.4) is 0 Å². The summed E-state index contributed by atoms with van der Waals surface area (Å²) in [6.07, 6.45) is 5.64. The summed E-state index contributed by atoms with van der Waals surface area (Å²) in [5, 5.41) is 10.5. The van der Waals surface area contributed by atoms with Gasteiger partial charge in [-0.05, 0) is 45.4 Å². The Labute approximate surface area is 139 Å². The highest BCUT2D eigenvalue weighted by Gasteiger charge is 2.39. The van der Waals surface area contributed by atoms with Gasteiger partial charge in [0, 0.05) is 25.2 Å². The molecule has 3 rings (SSSR count). The molecule has 2 atom stereocenters. The van der Waals surface area contributed by atoms with Gasteiger partial charge in [0.05, 0.1) is 11.4 Å². The molecule has 23 heavy (non-hydrogen) atoms. The monoisotopic (exact) mass is 340 g/mol. The third-order valence-electron chi connectivity index (χ3n) is 5.14. The molecule has 0 amide bonds. The lowest BCUT2D eigenvalue weighted by atomic mass is 10.1. The fourth-order valence-electron chi connectivity index (χ4n) is 3.76. The molecule has 1 aliphatic heterocycles. The van der Waals surface area contributed by atoms with Crippen LogP contribution in [0, 0.1) is 19.8 Å². The minimum atomic E-state index is -3.42. The quantitative estimate of drug-likeness (QED) is 0.830. The van der Waals surface area contributed by atoms with E-state index < -0.39 is 10.0 Å². The first-order valence-electron chi connectivity index (χ1n) is 8.71. The number of hydrogen-bond acceptors (Lipinski definition) is 4. The van der Waals surface area contributed by atoms with Gasteiger partial charge in [0.2, 0.25) is 10.0 Å². The number of piperidine rings is 1. The van der Waals surface area contributed by atoms with Crippen LogP contribution in [0.4, 0.5) is 0 Å². The molecule has 1 saturated heterocycles. The van der Waals surface area contributed by atoms with Crippen LogP contribution < -0.4 is 5.32 Å². The van der Waals surface area contributed by atoms with Crippen LogP contribution in [0.25, 0.3) is 0 Å². The normalized spacial score (nSPS) is 26.6. The first kappa shape index (κ1) is 16.9. The highest BCUT2D eigenvalue weighted by Crippen LogP contribution is 2.35. The summed E-state index contributed by atoms with van der Waals surface area (Å²) < 4.78 is 27.2. The van der Waals surface area contributed by atoms with Crippen molar-refractivity contribution in [3.8, 4) is 0 Å². The Morgan fingerprint density at radius 2 is 2.00 bits per heavy atom. The Bertz CT molecular complexity index is 628. The maximum absolute atomic E-state index is 12.8. The molecule has 0 aromatic carbocycles. The highest BCUT2D eigenvalue weighted by molar-refractivity contribution is 7.89. The predicted octanol–water partition coefficient (Wildman–Crippen LogP) is 1.96. The first-order chi connectivity index (χ1) is 10.9. The summed E-state index contributed by atoms with van der Waals surface area (Å²) >= 11 is 0. The number of aromatic amines is 1. The number of aromatic nitrogens is 2. The molecule has 0 unspecified atom stereocenters. The SMILES string of the molecule is CCC[C@H]1C[C@H]1NC1CCN(S(=O)(=O)c2c(C)n[nH]c2C)CC1. The third kappa shape index (κ3) is 3.46. The number of sulfonamides is 1. The van der Waals surface area contributed by atoms with E-state index in [2.05, 4.69) is 22.4 Å². The molecule has 2 N–H and O–H groups in total. The zero-order valence-electron chi connectivity index (χ0n) is 14.3. The smallest absolute Gasteiger partial charge is 0.246 e. The average Bonchev–Trinajstić information content (AvgIpc) is 3.13. The number of nitrogens with zero attached hydrogens (tertiary/aromatic N) is 2. The standard InChI is InChI=1S/C16H28N4O2S/c1-4-5-13-10-15(13)17-14-6-8-20(9-7-14)23(21,22)16-11(2)18-19-12(16)3/h13-15,17H,4-10H2,1-3H3,(H,18,19)/t13-,15+/m0/s1. The lowest BCUT2D eigenvalue weighted by molar-refractivity contribution is 0.285. The largest absolute Gasteiger partial charge is 0.311 e. The van der Waals surface area contributed by atoms with Gasteiger partial charge >= 0.3 is 0 Å². The molecule has 130 valence electrons. The van der Waals surface area contributed by atoms with Gasteiger partial charge in [0.15, 0.2) is 0 Å². The van der Waals surface area contributed by atoms with E-state index in [4.69, 9.17) is 0 Å². The molecule has 0 bridgehead atoms. The van der Waals surface area contributed by atoms with Crippen molar-refractivity contribution in [2.75, 3.05) is 13.1 Å². The van der Waals surface area contributed by atoms with Crippen molar-refractivity contribution in [1.29, 1.82) is 0 Å². The van der Waals surface area contributed by atoms with Crippen molar-refractivity contribution in [3.63, 3.8) is 0 Å². The summed E-state index contributed by atoms with van der Waals surface area (Å²) in [5.74, 6) is 0.845. The maximum atomic E-state index is 12.8. The second kappa shape index (κ2) is 6.53. The molecule has 1 aromatic heterocycles. The zero-order valence-corrected chi connectivity index (χ0v) is 15.1. The molecule has 1 aromatic rings. The highest BCUT2D eigenvalue weighted by atomic mass is 32.2. The average molecular weight is 340 g/mol. The maximum Gasteiger partial charge on any atom is 0.246 e. The molecule has 6 nitrogen and oxygen atoms in total. The van der Waals surface area contributed by atoms with Gasteiger partial charge in [-0.3, -0.25) is 5.10 Å². The van der Waals surface area contributed by atoms with Crippen molar-refractivity contribution in [2.24, 2.45) is 5.92 Å². The minimum Gasteiger partial charge on any atom is -0.311 e. The zero-order chi connectivity index (χ0) is 16.6. The Balaban J connectivity index is 1.57.